The van der Waals surface area contributed by atoms with Gasteiger partial charge in [-0.3, -0.25) is 14.9 Å². The highest BCUT2D eigenvalue weighted by molar-refractivity contribution is 7.99. The first-order valence-corrected chi connectivity index (χ1v) is 6.97. The summed E-state index contributed by atoms with van der Waals surface area (Å²) in [6.45, 7) is 3.84. The number of hydrogen-bond donors (Lipinski definition) is 2. The van der Waals surface area contributed by atoms with Crippen LogP contribution in [0.5, 0.6) is 5.75 Å². The molecule has 1 unspecified atom stereocenters. The van der Waals surface area contributed by atoms with Crippen molar-refractivity contribution in [3.63, 3.8) is 0 Å². The molecule has 1 aromatic rings. The first-order chi connectivity index (χ1) is 8.95. The molecular weight excluding hydrogens is 268 g/mol. The van der Waals surface area contributed by atoms with Crippen molar-refractivity contribution in [2.45, 2.75) is 19.9 Å². The van der Waals surface area contributed by atoms with Gasteiger partial charge in [0.05, 0.1) is 4.92 Å². The normalized spacial score (nSPS) is 11.9. The van der Waals surface area contributed by atoms with Crippen molar-refractivity contribution in [2.75, 3.05) is 11.5 Å². The molecular formula is C12H16N2O4S. The average molecular weight is 284 g/mol. The molecule has 0 fully saturated rings. The Bertz CT molecular complexity index is 479. The summed E-state index contributed by atoms with van der Waals surface area (Å²) in [5.74, 6) is 0.944. The fraction of sp³-hybridized carbons (Fsp3) is 0.417. The van der Waals surface area contributed by atoms with E-state index >= 15 is 0 Å². The minimum absolute atomic E-state index is 0.0978. The van der Waals surface area contributed by atoms with Crippen LogP contribution in [0.1, 0.15) is 24.2 Å². The van der Waals surface area contributed by atoms with Crippen molar-refractivity contribution < 1.29 is 14.8 Å². The van der Waals surface area contributed by atoms with Crippen LogP contribution in [-0.2, 0) is 0 Å². The molecule has 104 valence electrons. The molecule has 1 rings (SSSR count). The molecule has 0 heterocycles. The summed E-state index contributed by atoms with van der Waals surface area (Å²) in [5.41, 5.74) is -0.441. The molecule has 0 radical (unpaired) electrons. The lowest BCUT2D eigenvalue weighted by atomic mass is 10.1. The number of nitrogens with one attached hydrogen (secondary N) is 1. The van der Waals surface area contributed by atoms with Gasteiger partial charge >= 0.3 is 0 Å². The van der Waals surface area contributed by atoms with Gasteiger partial charge in [-0.15, -0.1) is 0 Å². The smallest absolute Gasteiger partial charge is 0.282 e. The number of carbonyl (C=O) groups is 1. The number of nitrogens with zero attached hydrogens (tertiary/aromatic N) is 1. The van der Waals surface area contributed by atoms with E-state index in [1.807, 2.05) is 13.8 Å². The van der Waals surface area contributed by atoms with E-state index < -0.39 is 10.8 Å². The van der Waals surface area contributed by atoms with Gasteiger partial charge in [0.2, 0.25) is 0 Å². The molecule has 1 atom stereocenters. The molecule has 0 aliphatic carbocycles. The molecule has 1 aromatic carbocycles. The van der Waals surface area contributed by atoms with Crippen molar-refractivity contribution in [1.29, 1.82) is 0 Å². The molecule has 0 spiro atoms. The summed E-state index contributed by atoms with van der Waals surface area (Å²) < 4.78 is 0. The van der Waals surface area contributed by atoms with Crippen LogP contribution < -0.4 is 5.32 Å². The van der Waals surface area contributed by atoms with Crippen molar-refractivity contribution in [2.24, 2.45) is 0 Å². The van der Waals surface area contributed by atoms with Crippen LogP contribution in [-0.4, -0.2) is 33.5 Å². The van der Waals surface area contributed by atoms with E-state index in [9.17, 15) is 20.0 Å². The Hall–Kier alpha value is -1.76. The van der Waals surface area contributed by atoms with Gasteiger partial charge in [0.25, 0.3) is 11.6 Å². The van der Waals surface area contributed by atoms with Crippen LogP contribution in [0.4, 0.5) is 5.69 Å². The highest BCUT2D eigenvalue weighted by atomic mass is 32.2. The van der Waals surface area contributed by atoms with Crippen molar-refractivity contribution >= 4 is 23.4 Å². The van der Waals surface area contributed by atoms with Crippen LogP contribution in [0.25, 0.3) is 0 Å². The summed E-state index contributed by atoms with van der Waals surface area (Å²) in [4.78, 5) is 22.2. The minimum Gasteiger partial charge on any atom is -0.508 e. The Labute approximate surface area is 115 Å². The number of aromatic hydroxyl groups is 1. The number of hydrogen-bond acceptors (Lipinski definition) is 5. The quantitative estimate of drug-likeness (QED) is 0.617. The Morgan fingerprint density at radius 3 is 2.84 bits per heavy atom. The molecule has 19 heavy (non-hydrogen) atoms. The lowest BCUT2D eigenvalue weighted by Crippen LogP contribution is -2.34. The Morgan fingerprint density at radius 2 is 2.26 bits per heavy atom. The van der Waals surface area contributed by atoms with E-state index in [1.54, 1.807) is 11.8 Å². The highest BCUT2D eigenvalue weighted by Crippen LogP contribution is 2.23. The third kappa shape index (κ3) is 4.44. The Balaban J connectivity index is 2.86. The summed E-state index contributed by atoms with van der Waals surface area (Å²) in [7, 11) is 0. The third-order valence-electron chi connectivity index (χ3n) is 2.37. The standard InChI is InChI=1S/C12H16N2O4S/c1-3-19-7-8(2)13-12(16)10-6-9(15)4-5-11(10)14(17)18/h4-6,8,15H,3,7H2,1-2H3,(H,13,16). The van der Waals surface area contributed by atoms with E-state index in [2.05, 4.69) is 5.32 Å². The third-order valence-corrected chi connectivity index (χ3v) is 3.51. The van der Waals surface area contributed by atoms with Crippen LogP contribution in [0.2, 0.25) is 0 Å². The number of thioether (sulfide) groups is 1. The zero-order valence-corrected chi connectivity index (χ0v) is 11.6. The van der Waals surface area contributed by atoms with Crippen LogP contribution in [0, 0.1) is 10.1 Å². The zero-order valence-electron chi connectivity index (χ0n) is 10.8. The molecule has 1 amide bonds. The first-order valence-electron chi connectivity index (χ1n) is 5.81. The number of benzene rings is 1. The van der Waals surface area contributed by atoms with Gasteiger partial charge < -0.3 is 10.4 Å². The second-order valence-electron chi connectivity index (χ2n) is 3.99. The second-order valence-corrected chi connectivity index (χ2v) is 5.31. The zero-order chi connectivity index (χ0) is 14.4. The van der Waals surface area contributed by atoms with Gasteiger partial charge in [-0.25, -0.2) is 0 Å². The predicted molar refractivity (Wildman–Crippen MR) is 74.7 cm³/mol. The van der Waals surface area contributed by atoms with Gasteiger partial charge in [-0.05, 0) is 24.8 Å². The monoisotopic (exact) mass is 284 g/mol. The predicted octanol–water partition coefficient (Wildman–Crippen LogP) is 2.17. The maximum atomic E-state index is 12.0. The van der Waals surface area contributed by atoms with Gasteiger partial charge in [0, 0.05) is 17.9 Å². The molecule has 0 saturated heterocycles. The van der Waals surface area contributed by atoms with E-state index in [4.69, 9.17) is 0 Å². The minimum atomic E-state index is -0.639. The van der Waals surface area contributed by atoms with E-state index in [1.165, 1.54) is 6.07 Å². The fourth-order valence-electron chi connectivity index (χ4n) is 1.50. The molecule has 7 heteroatoms. The number of amides is 1. The topological polar surface area (TPSA) is 92.5 Å². The Kier molecular flexibility index (Phi) is 5.62. The number of nitro groups is 1. The molecule has 2 N–H and O–H groups in total. The summed E-state index contributed by atoms with van der Waals surface area (Å²) in [6.07, 6.45) is 0. The van der Waals surface area contributed by atoms with Crippen LogP contribution in [0.3, 0.4) is 0 Å². The van der Waals surface area contributed by atoms with Crippen molar-refractivity contribution in [3.8, 4) is 5.75 Å². The molecule has 0 aliphatic heterocycles. The number of phenolic OH excluding ortho intramolecular Hbond substituents is 1. The molecule has 6 nitrogen and oxygen atoms in total. The van der Waals surface area contributed by atoms with Crippen LogP contribution >= 0.6 is 11.8 Å². The largest absolute Gasteiger partial charge is 0.508 e. The maximum absolute atomic E-state index is 12.0. The van der Waals surface area contributed by atoms with Crippen molar-refractivity contribution in [1.82, 2.24) is 5.32 Å². The van der Waals surface area contributed by atoms with E-state index in [0.29, 0.717) is 0 Å². The average Bonchev–Trinajstić information content (AvgIpc) is 2.35. The summed E-state index contributed by atoms with van der Waals surface area (Å²) in [6, 6.07) is 3.31. The van der Waals surface area contributed by atoms with E-state index in [0.717, 1.165) is 23.6 Å². The number of carbonyl (C=O) groups excluding carboxylic acids is 1. The highest BCUT2D eigenvalue weighted by Gasteiger charge is 2.21. The molecule has 0 aliphatic rings. The second kappa shape index (κ2) is 6.98. The lowest BCUT2D eigenvalue weighted by molar-refractivity contribution is -0.385. The van der Waals surface area contributed by atoms with Crippen LogP contribution in [0.15, 0.2) is 18.2 Å². The van der Waals surface area contributed by atoms with Gasteiger partial charge in [-0.1, -0.05) is 6.92 Å². The maximum Gasteiger partial charge on any atom is 0.282 e. The molecule has 0 saturated carbocycles. The molecule has 0 aromatic heterocycles. The fourth-order valence-corrected chi connectivity index (χ4v) is 2.18. The summed E-state index contributed by atoms with van der Waals surface area (Å²) in [5, 5.41) is 22.9. The van der Waals surface area contributed by atoms with Crippen molar-refractivity contribution in [3.05, 3.63) is 33.9 Å². The lowest BCUT2D eigenvalue weighted by Gasteiger charge is -2.13. The number of rotatable bonds is 6. The first kappa shape index (κ1) is 15.3. The van der Waals surface area contributed by atoms with Gasteiger partial charge in [0.15, 0.2) is 0 Å². The van der Waals surface area contributed by atoms with E-state index in [-0.39, 0.29) is 23.0 Å². The SMILES string of the molecule is CCSCC(C)NC(=O)c1cc(O)ccc1[N+](=O)[O-]. The molecule has 0 bridgehead atoms. The van der Waals surface area contributed by atoms with Gasteiger partial charge in [0.1, 0.15) is 11.3 Å². The number of phenols is 1. The Morgan fingerprint density at radius 1 is 1.58 bits per heavy atom. The van der Waals surface area contributed by atoms with Gasteiger partial charge in [-0.2, -0.15) is 11.8 Å². The number of nitro benzene ring substituents is 1. The summed E-state index contributed by atoms with van der Waals surface area (Å²) >= 11 is 1.67.